The Kier molecular flexibility index (Phi) is 12.5. The number of nitrogens with zero attached hydrogens (tertiary/aromatic N) is 5. The van der Waals surface area contributed by atoms with Crippen LogP contribution < -0.4 is 26.2 Å². The Hall–Kier alpha value is -10.3. The number of para-hydroxylation sites is 3. The second-order valence-electron chi connectivity index (χ2n) is 35.1. The van der Waals surface area contributed by atoms with Crippen LogP contribution in [0.3, 0.4) is 0 Å². The van der Waals surface area contributed by atoms with Gasteiger partial charge in [-0.3, -0.25) is 0 Å². The molecule has 0 saturated carbocycles. The molecule has 0 aliphatic carbocycles. The Balaban J connectivity index is 1.07. The van der Waals surface area contributed by atoms with Gasteiger partial charge in [0.05, 0.1) is 49.8 Å². The van der Waals surface area contributed by atoms with Crippen molar-refractivity contribution in [2.75, 3.05) is 9.80 Å². The minimum absolute atomic E-state index is 0.0128. The fourth-order valence-electron chi connectivity index (χ4n) is 16.1. The summed E-state index contributed by atoms with van der Waals surface area (Å²) >= 11 is 0. The molecule has 0 spiro atoms. The van der Waals surface area contributed by atoms with E-state index in [0.29, 0.717) is 5.69 Å². The smallest absolute Gasteiger partial charge is 0.252 e. The van der Waals surface area contributed by atoms with E-state index in [0.717, 1.165) is 128 Å². The van der Waals surface area contributed by atoms with Gasteiger partial charge in [0.1, 0.15) is 0 Å². The van der Waals surface area contributed by atoms with Crippen molar-refractivity contribution in [2.24, 2.45) is 0 Å². The molecule has 2 aliphatic rings. The minimum Gasteiger partial charge on any atom is -0.311 e. The Morgan fingerprint density at radius 2 is 0.627 bits per heavy atom. The van der Waals surface area contributed by atoms with E-state index in [1.807, 2.05) is 0 Å². The summed E-state index contributed by atoms with van der Waals surface area (Å²) in [6.07, 6.45) is 0. The first-order valence-corrected chi connectivity index (χ1v) is 36.3. The summed E-state index contributed by atoms with van der Waals surface area (Å²) < 4.78 is 83.7. The standard InChI is InChI=1S/C96H94BN5/c1-91(2,3)61-37-44-84-76(53-61)77-54-62(92(4,5)6)38-45-85(77)99(84)68-40-42-79-87(56-68)102(70-51-65(95(13,14)15)48-66(52-70)96(16,17)18)89-58-71(100-80-33-25-22-30-72(80)73-31-23-26-34-81(73)100)57-88-90(89)97(79)78-41-39-67(55-86(78)101(88)69-49-63(93(7,8)9)47-64(50-69)94(10,11)12)98-82-35-27-24-32-74(82)75-46-60(36-43-83(75)98)59-28-20-19-21-29-59/h19-58H,1-18H3/i22D,23D,25D,26D,30D,31D,33D,34D. The van der Waals surface area contributed by atoms with Gasteiger partial charge in [-0.25, -0.2) is 0 Å². The molecule has 3 aromatic heterocycles. The highest BCUT2D eigenvalue weighted by Gasteiger charge is 2.45. The molecule has 0 N–H and O–H groups in total. The van der Waals surface area contributed by atoms with Crippen molar-refractivity contribution in [2.45, 2.75) is 157 Å². The van der Waals surface area contributed by atoms with Gasteiger partial charge in [0, 0.05) is 77.8 Å². The average molecular weight is 1340 g/mol. The summed E-state index contributed by atoms with van der Waals surface area (Å²) in [5.41, 5.74) is 22.8. The quantitative estimate of drug-likeness (QED) is 0.155. The molecule has 17 rings (SSSR count). The molecular weight excluding hydrogens is 1230 g/mol. The van der Waals surface area contributed by atoms with Gasteiger partial charge < -0.3 is 23.5 Å². The van der Waals surface area contributed by atoms with E-state index >= 15 is 0 Å². The molecule has 0 radical (unpaired) electrons. The Bertz CT molecular complexity index is 6260. The Morgan fingerprint density at radius 3 is 1.07 bits per heavy atom. The fraction of sp³-hybridized carbons (Fsp3) is 0.250. The summed E-state index contributed by atoms with van der Waals surface area (Å²) in [4.78, 5) is 4.87. The van der Waals surface area contributed by atoms with Crippen LogP contribution in [-0.2, 0) is 32.5 Å². The van der Waals surface area contributed by atoms with Gasteiger partial charge in [-0.1, -0.05) is 252 Å². The van der Waals surface area contributed by atoms with Crippen molar-refractivity contribution >= 4 is 123 Å². The van der Waals surface area contributed by atoms with E-state index in [9.17, 15) is 11.0 Å². The van der Waals surface area contributed by atoms with Gasteiger partial charge in [-0.15, -0.1) is 0 Å². The molecule has 0 saturated heterocycles. The molecule has 15 aromatic rings. The third-order valence-corrected chi connectivity index (χ3v) is 21.9. The fourth-order valence-corrected chi connectivity index (χ4v) is 16.1. The Labute approximate surface area is 615 Å². The highest BCUT2D eigenvalue weighted by atomic mass is 15.2. The van der Waals surface area contributed by atoms with Gasteiger partial charge in [0.15, 0.2) is 0 Å². The molecule has 102 heavy (non-hydrogen) atoms. The lowest BCUT2D eigenvalue weighted by molar-refractivity contribution is 0.568. The lowest BCUT2D eigenvalue weighted by atomic mass is 9.33. The number of hydrogen-bond acceptors (Lipinski definition) is 2. The number of fused-ring (bicyclic) bond motifs is 13. The number of hydrogen-bond donors (Lipinski definition) is 0. The molecule has 0 fully saturated rings. The van der Waals surface area contributed by atoms with Gasteiger partial charge in [0.25, 0.3) is 6.71 Å². The van der Waals surface area contributed by atoms with Crippen LogP contribution in [-0.4, -0.2) is 20.4 Å². The first-order valence-electron chi connectivity index (χ1n) is 40.3. The summed E-state index contributed by atoms with van der Waals surface area (Å²) in [6.45, 7) is 40.4. The molecule has 12 aromatic carbocycles. The lowest BCUT2D eigenvalue weighted by Gasteiger charge is -2.45. The zero-order valence-corrected chi connectivity index (χ0v) is 62.3. The number of benzene rings is 12. The summed E-state index contributed by atoms with van der Waals surface area (Å²) in [5.74, 6) is 0. The summed E-state index contributed by atoms with van der Waals surface area (Å²) in [7, 11) is 0. The lowest BCUT2D eigenvalue weighted by Crippen LogP contribution is -2.61. The van der Waals surface area contributed by atoms with Crippen molar-refractivity contribution in [3.8, 4) is 28.2 Å². The highest BCUT2D eigenvalue weighted by Crippen LogP contribution is 2.51. The zero-order valence-electron chi connectivity index (χ0n) is 70.3. The van der Waals surface area contributed by atoms with Gasteiger partial charge in [0.2, 0.25) is 0 Å². The molecule has 0 bridgehead atoms. The van der Waals surface area contributed by atoms with Crippen molar-refractivity contribution < 1.29 is 11.0 Å². The SMILES string of the molecule is [2H]c1c([2H])c([2H])c2c(c1[2H])c1c([2H])c([2H])c([2H])c([2H])c1n2-c1cc2c3c(c1)N(c1cc(C(C)(C)C)cc(C(C)(C)C)c1)c1cc(-n4c5ccc(C(C)(C)C)cc5c5cc(C(C)(C)C)ccc54)ccc1B3c1ccc(-n3c4ccccc4c4cc(-c5ccccc5)ccc43)cc1N2c1cc(C(C)(C)C)cc(C(C)(C)C)c1. The van der Waals surface area contributed by atoms with E-state index in [-0.39, 0.29) is 66.4 Å². The van der Waals surface area contributed by atoms with Crippen LogP contribution in [0.25, 0.3) is 93.6 Å². The van der Waals surface area contributed by atoms with Crippen molar-refractivity contribution in [3.63, 3.8) is 0 Å². The predicted molar refractivity (Wildman–Crippen MR) is 441 cm³/mol. The van der Waals surface area contributed by atoms with Crippen molar-refractivity contribution in [1.29, 1.82) is 0 Å². The monoisotopic (exact) mass is 1340 g/mol. The number of aromatic nitrogens is 3. The van der Waals surface area contributed by atoms with Gasteiger partial charge in [-0.2, -0.15) is 0 Å². The topological polar surface area (TPSA) is 21.3 Å². The Morgan fingerprint density at radius 1 is 0.255 bits per heavy atom. The average Bonchev–Trinajstić information content (AvgIpc) is 1.37. The van der Waals surface area contributed by atoms with Crippen LogP contribution in [0, 0.1) is 0 Å². The molecular formula is C96H94BN5. The van der Waals surface area contributed by atoms with Crippen molar-refractivity contribution in [3.05, 3.63) is 276 Å². The van der Waals surface area contributed by atoms with Crippen LogP contribution in [0.2, 0.25) is 0 Å². The maximum absolute atomic E-state index is 10.1. The van der Waals surface area contributed by atoms with E-state index in [4.69, 9.17) is 0 Å². The normalized spacial score (nSPS) is 14.8. The first kappa shape index (κ1) is 56.4. The highest BCUT2D eigenvalue weighted by molar-refractivity contribution is 7.00. The van der Waals surface area contributed by atoms with Crippen molar-refractivity contribution in [1.82, 2.24) is 13.7 Å². The molecule has 506 valence electrons. The predicted octanol–water partition coefficient (Wildman–Crippen LogP) is 24.5. The van der Waals surface area contributed by atoms with E-state index in [1.54, 1.807) is 4.57 Å². The molecule has 2 aliphatic heterocycles. The van der Waals surface area contributed by atoms with Gasteiger partial charge >= 0.3 is 0 Å². The van der Waals surface area contributed by atoms with Crippen LogP contribution in [0.4, 0.5) is 34.1 Å². The third-order valence-electron chi connectivity index (χ3n) is 21.9. The van der Waals surface area contributed by atoms with Crippen LogP contribution >= 0.6 is 0 Å². The first-order chi connectivity index (χ1) is 51.7. The molecule has 0 unspecified atom stereocenters. The number of anilines is 6. The molecule has 5 heterocycles. The van der Waals surface area contributed by atoms with E-state index in [1.165, 1.54) is 21.9 Å². The molecule has 5 nitrogen and oxygen atoms in total. The number of rotatable bonds is 6. The van der Waals surface area contributed by atoms with Gasteiger partial charge in [-0.05, 0) is 209 Å². The van der Waals surface area contributed by atoms with Crippen LogP contribution in [0.15, 0.2) is 242 Å². The summed E-state index contributed by atoms with van der Waals surface area (Å²) in [5, 5.41) is 4.62. The minimum atomic E-state index is -0.497. The van der Waals surface area contributed by atoms with Crippen LogP contribution in [0.5, 0.6) is 0 Å². The summed E-state index contributed by atoms with van der Waals surface area (Å²) in [6, 6.07) is 69.0. The van der Waals surface area contributed by atoms with E-state index in [2.05, 4.69) is 338 Å². The molecule has 0 atom stereocenters. The zero-order chi connectivity index (χ0) is 78.2. The largest absolute Gasteiger partial charge is 0.311 e. The third kappa shape index (κ3) is 10.5. The molecule has 0 amide bonds. The molecule has 6 heteroatoms. The maximum Gasteiger partial charge on any atom is 0.252 e. The second-order valence-corrected chi connectivity index (χ2v) is 35.1. The van der Waals surface area contributed by atoms with E-state index < -0.39 is 43.0 Å². The second kappa shape index (κ2) is 22.6. The maximum atomic E-state index is 10.1. The van der Waals surface area contributed by atoms with Crippen LogP contribution in [0.1, 0.15) is 169 Å².